The van der Waals surface area contributed by atoms with Crippen molar-refractivity contribution in [1.29, 1.82) is 0 Å². The lowest BCUT2D eigenvalue weighted by molar-refractivity contribution is 0.0690. The number of para-hydroxylation sites is 1. The molecule has 0 atom stereocenters. The van der Waals surface area contributed by atoms with Crippen molar-refractivity contribution in [2.45, 2.75) is 6.92 Å². The minimum absolute atomic E-state index is 0.0707. The Morgan fingerprint density at radius 3 is 2.78 bits per heavy atom. The number of aryl methyl sites for hydroxylation is 1. The molecule has 4 rings (SSSR count). The van der Waals surface area contributed by atoms with Crippen LogP contribution in [0.5, 0.6) is 0 Å². The summed E-state index contributed by atoms with van der Waals surface area (Å²) in [6.45, 7) is 1.93. The van der Waals surface area contributed by atoms with Crippen LogP contribution in [-0.4, -0.2) is 21.0 Å². The van der Waals surface area contributed by atoms with Crippen LogP contribution in [0.15, 0.2) is 53.1 Å². The number of hydrogen-bond acceptors (Lipinski definition) is 4. The summed E-state index contributed by atoms with van der Waals surface area (Å²) < 4.78 is 5.91. The van der Waals surface area contributed by atoms with Crippen LogP contribution in [-0.2, 0) is 0 Å². The number of fused-ring (bicyclic) bond motifs is 2. The van der Waals surface area contributed by atoms with Crippen molar-refractivity contribution in [3.05, 3.63) is 59.9 Å². The third-order valence-corrected chi connectivity index (χ3v) is 3.70. The summed E-state index contributed by atoms with van der Waals surface area (Å²) in [6.07, 6.45) is 1.27. The molecule has 0 aliphatic carbocycles. The molecular formula is C18H12N2O3. The minimum atomic E-state index is -1.09. The lowest BCUT2D eigenvalue weighted by atomic mass is 10.1. The van der Waals surface area contributed by atoms with Gasteiger partial charge in [-0.25, -0.2) is 9.78 Å². The van der Waals surface area contributed by atoms with Crippen molar-refractivity contribution in [2.75, 3.05) is 0 Å². The lowest BCUT2D eigenvalue weighted by Crippen LogP contribution is -2.02. The Morgan fingerprint density at radius 1 is 1.17 bits per heavy atom. The molecule has 5 heteroatoms. The molecule has 0 unspecified atom stereocenters. The zero-order valence-corrected chi connectivity index (χ0v) is 12.3. The number of rotatable bonds is 2. The van der Waals surface area contributed by atoms with Crippen LogP contribution in [0.25, 0.3) is 33.3 Å². The van der Waals surface area contributed by atoms with E-state index in [9.17, 15) is 4.79 Å². The second-order valence-corrected chi connectivity index (χ2v) is 5.39. The Kier molecular flexibility index (Phi) is 2.87. The summed E-state index contributed by atoms with van der Waals surface area (Å²) in [4.78, 5) is 19.5. The second-order valence-electron chi connectivity index (χ2n) is 5.39. The van der Waals surface area contributed by atoms with Crippen LogP contribution in [0.2, 0.25) is 0 Å². The fourth-order valence-electron chi connectivity index (χ4n) is 2.67. The maximum Gasteiger partial charge on any atom is 0.356 e. The molecule has 0 spiro atoms. The van der Waals surface area contributed by atoms with Crippen LogP contribution >= 0.6 is 0 Å². The second kappa shape index (κ2) is 4.91. The highest BCUT2D eigenvalue weighted by Crippen LogP contribution is 2.32. The zero-order valence-electron chi connectivity index (χ0n) is 12.3. The molecule has 23 heavy (non-hydrogen) atoms. The summed E-state index contributed by atoms with van der Waals surface area (Å²) in [5.41, 5.74) is 3.66. The van der Waals surface area contributed by atoms with E-state index < -0.39 is 5.97 Å². The highest BCUT2D eigenvalue weighted by atomic mass is 16.4. The van der Waals surface area contributed by atoms with Gasteiger partial charge in [0.25, 0.3) is 0 Å². The molecule has 1 N–H and O–H groups in total. The minimum Gasteiger partial charge on any atom is -0.476 e. The van der Waals surface area contributed by atoms with Gasteiger partial charge in [-0.3, -0.25) is 4.98 Å². The number of aromatic nitrogens is 2. The number of carbonyl (C=O) groups is 1. The van der Waals surface area contributed by atoms with Gasteiger partial charge in [-0.15, -0.1) is 0 Å². The monoisotopic (exact) mass is 304 g/mol. The van der Waals surface area contributed by atoms with E-state index in [2.05, 4.69) is 9.97 Å². The Balaban J connectivity index is 2.00. The molecule has 0 bridgehead atoms. The number of carboxylic acids is 1. The maximum atomic E-state index is 11.1. The van der Waals surface area contributed by atoms with Crippen molar-refractivity contribution in [1.82, 2.24) is 9.97 Å². The number of hydrogen-bond donors (Lipinski definition) is 1. The Labute approximate surface area is 131 Å². The van der Waals surface area contributed by atoms with Gasteiger partial charge in [-0.1, -0.05) is 18.2 Å². The van der Waals surface area contributed by atoms with E-state index in [1.54, 1.807) is 0 Å². The van der Waals surface area contributed by atoms with Crippen molar-refractivity contribution in [3.8, 4) is 11.3 Å². The first-order valence-electron chi connectivity index (χ1n) is 7.11. The third kappa shape index (κ3) is 2.23. The fourth-order valence-corrected chi connectivity index (χ4v) is 2.67. The molecule has 0 saturated heterocycles. The zero-order chi connectivity index (χ0) is 16.0. The first-order valence-corrected chi connectivity index (χ1v) is 7.11. The van der Waals surface area contributed by atoms with Crippen LogP contribution in [0.3, 0.4) is 0 Å². The number of nitrogens with zero attached hydrogens (tertiary/aromatic N) is 2. The number of carboxylic acid groups (broad SMARTS) is 1. The highest BCUT2D eigenvalue weighted by molar-refractivity contribution is 5.95. The quantitative estimate of drug-likeness (QED) is 0.604. The topological polar surface area (TPSA) is 76.2 Å². The Hall–Kier alpha value is -3.21. The Bertz CT molecular complexity index is 1030. The van der Waals surface area contributed by atoms with Crippen molar-refractivity contribution >= 4 is 28.0 Å². The summed E-state index contributed by atoms with van der Waals surface area (Å²) in [5, 5.41) is 10.1. The van der Waals surface area contributed by atoms with Gasteiger partial charge in [-0.05, 0) is 36.8 Å². The standard InChI is InChI=1S/C18H12N2O3/c1-10-6-12(16-8-11-4-2-3-5-15(11)23-16)17-13(7-10)20-14(9-19-17)18(21)22/h2-9H,1H3,(H,21,22). The summed E-state index contributed by atoms with van der Waals surface area (Å²) in [6, 6.07) is 13.5. The molecule has 2 aromatic carbocycles. The fraction of sp³-hybridized carbons (Fsp3) is 0.0556. The van der Waals surface area contributed by atoms with Crippen LogP contribution in [0.1, 0.15) is 16.1 Å². The van der Waals surface area contributed by atoms with Gasteiger partial charge < -0.3 is 9.52 Å². The van der Waals surface area contributed by atoms with Gasteiger partial charge in [0.1, 0.15) is 11.3 Å². The predicted octanol–water partition coefficient (Wildman–Crippen LogP) is 4.05. The van der Waals surface area contributed by atoms with Crippen LogP contribution in [0.4, 0.5) is 0 Å². The van der Waals surface area contributed by atoms with E-state index in [0.29, 0.717) is 16.8 Å². The van der Waals surface area contributed by atoms with Gasteiger partial charge in [0.05, 0.1) is 17.2 Å². The molecule has 5 nitrogen and oxygen atoms in total. The highest BCUT2D eigenvalue weighted by Gasteiger charge is 2.14. The summed E-state index contributed by atoms with van der Waals surface area (Å²) >= 11 is 0. The largest absolute Gasteiger partial charge is 0.476 e. The molecule has 0 saturated carbocycles. The van der Waals surface area contributed by atoms with E-state index in [1.165, 1.54) is 6.20 Å². The van der Waals surface area contributed by atoms with E-state index >= 15 is 0 Å². The summed E-state index contributed by atoms with van der Waals surface area (Å²) in [5.74, 6) is -0.400. The molecule has 0 aliphatic rings. The normalized spacial score (nSPS) is 11.2. The molecule has 4 aromatic rings. The predicted molar refractivity (Wildman–Crippen MR) is 86.4 cm³/mol. The van der Waals surface area contributed by atoms with Gasteiger partial charge >= 0.3 is 5.97 Å². The third-order valence-electron chi connectivity index (χ3n) is 3.70. The smallest absolute Gasteiger partial charge is 0.356 e. The van der Waals surface area contributed by atoms with Crippen molar-refractivity contribution in [2.24, 2.45) is 0 Å². The first-order chi connectivity index (χ1) is 11.1. The van der Waals surface area contributed by atoms with E-state index in [4.69, 9.17) is 9.52 Å². The van der Waals surface area contributed by atoms with Crippen molar-refractivity contribution < 1.29 is 14.3 Å². The first kappa shape index (κ1) is 13.5. The number of furan rings is 1. The average molecular weight is 304 g/mol. The molecule has 0 radical (unpaired) electrons. The maximum absolute atomic E-state index is 11.1. The van der Waals surface area contributed by atoms with Gasteiger partial charge in [0, 0.05) is 10.9 Å². The molecule has 0 fully saturated rings. The van der Waals surface area contributed by atoms with Crippen LogP contribution < -0.4 is 0 Å². The summed E-state index contributed by atoms with van der Waals surface area (Å²) in [7, 11) is 0. The molecule has 2 heterocycles. The number of benzene rings is 2. The molecule has 0 aliphatic heterocycles. The Morgan fingerprint density at radius 2 is 2.00 bits per heavy atom. The van der Waals surface area contributed by atoms with Gasteiger partial charge in [0.2, 0.25) is 0 Å². The van der Waals surface area contributed by atoms with Gasteiger partial charge in [-0.2, -0.15) is 0 Å². The molecule has 0 amide bonds. The lowest BCUT2D eigenvalue weighted by Gasteiger charge is -2.05. The van der Waals surface area contributed by atoms with E-state index in [-0.39, 0.29) is 5.69 Å². The van der Waals surface area contributed by atoms with E-state index in [1.807, 2.05) is 49.4 Å². The van der Waals surface area contributed by atoms with E-state index in [0.717, 1.165) is 22.1 Å². The molecular weight excluding hydrogens is 292 g/mol. The van der Waals surface area contributed by atoms with Crippen LogP contribution in [0, 0.1) is 6.92 Å². The molecule has 2 aromatic heterocycles. The SMILES string of the molecule is Cc1cc(-c2cc3ccccc3o2)c2ncc(C(=O)O)nc2c1. The average Bonchev–Trinajstić information content (AvgIpc) is 2.97. The van der Waals surface area contributed by atoms with Gasteiger partial charge in [0.15, 0.2) is 5.69 Å². The van der Waals surface area contributed by atoms with Crippen molar-refractivity contribution in [3.63, 3.8) is 0 Å². The molecule has 112 valence electrons. The number of aromatic carboxylic acids is 1.